The number of benzene rings is 1. The van der Waals surface area contributed by atoms with E-state index in [4.69, 9.17) is 0 Å². The molecule has 1 aromatic rings. The van der Waals surface area contributed by atoms with Crippen molar-refractivity contribution in [3.63, 3.8) is 0 Å². The summed E-state index contributed by atoms with van der Waals surface area (Å²) in [6.07, 6.45) is -11.1. The van der Waals surface area contributed by atoms with Crippen molar-refractivity contribution in [1.29, 1.82) is 0 Å². The van der Waals surface area contributed by atoms with Gasteiger partial charge in [-0.1, -0.05) is 25.1 Å². The molecule has 0 spiro atoms. The van der Waals surface area contributed by atoms with Gasteiger partial charge in [0.05, 0.1) is 11.5 Å². The van der Waals surface area contributed by atoms with Gasteiger partial charge < -0.3 is 14.6 Å². The minimum absolute atomic E-state index is 0.126. The SMILES string of the molecule is CCc1cccc2c1OC(OC(F)(F)F)(C(F)(F)F)C(C(=O)[O-])=C2. The van der Waals surface area contributed by atoms with Crippen LogP contribution in [0.5, 0.6) is 5.75 Å². The van der Waals surface area contributed by atoms with Crippen LogP contribution < -0.4 is 9.84 Å². The average Bonchev–Trinajstić information content (AvgIpc) is 2.42. The summed E-state index contributed by atoms with van der Waals surface area (Å²) in [4.78, 5) is 11.1. The Morgan fingerprint density at radius 2 is 1.88 bits per heavy atom. The largest absolute Gasteiger partial charge is 0.545 e. The molecule has 2 rings (SSSR count). The van der Waals surface area contributed by atoms with E-state index in [1.165, 1.54) is 25.1 Å². The fourth-order valence-corrected chi connectivity index (χ4v) is 2.27. The molecule has 132 valence electrons. The van der Waals surface area contributed by atoms with Gasteiger partial charge in [0.25, 0.3) is 0 Å². The number of carbonyl (C=O) groups excluding carboxylic acids is 1. The van der Waals surface area contributed by atoms with Crippen molar-refractivity contribution in [2.75, 3.05) is 0 Å². The standard InChI is InChI=1S/C14H10F6O4/c1-2-7-4-3-5-8-6-9(11(21)22)12(13(15,16)17,23-10(7)8)24-14(18,19)20/h3-6H,2H2,1H3,(H,21,22)/p-1. The molecule has 0 bridgehead atoms. The van der Waals surface area contributed by atoms with Gasteiger partial charge in [0.15, 0.2) is 0 Å². The van der Waals surface area contributed by atoms with Crippen LogP contribution in [0.3, 0.4) is 0 Å². The molecule has 0 N–H and O–H groups in total. The van der Waals surface area contributed by atoms with Crippen molar-refractivity contribution in [2.24, 2.45) is 0 Å². The fourth-order valence-electron chi connectivity index (χ4n) is 2.27. The van der Waals surface area contributed by atoms with Gasteiger partial charge in [0.1, 0.15) is 5.75 Å². The summed E-state index contributed by atoms with van der Waals surface area (Å²) in [7, 11) is 0. The molecular weight excluding hydrogens is 346 g/mol. The number of alkyl halides is 6. The minimum Gasteiger partial charge on any atom is -0.545 e. The van der Waals surface area contributed by atoms with Crippen LogP contribution in [0.15, 0.2) is 23.8 Å². The number of aryl methyl sites for hydroxylation is 1. The van der Waals surface area contributed by atoms with Crippen LogP contribution in [0.25, 0.3) is 6.08 Å². The second kappa shape index (κ2) is 5.69. The Morgan fingerprint density at radius 1 is 1.25 bits per heavy atom. The highest BCUT2D eigenvalue weighted by Crippen LogP contribution is 2.49. The molecule has 4 nitrogen and oxygen atoms in total. The third-order valence-electron chi connectivity index (χ3n) is 3.26. The molecule has 1 aromatic carbocycles. The average molecular weight is 355 g/mol. The molecule has 1 aliphatic heterocycles. The first kappa shape index (κ1) is 18.1. The number of halogens is 6. The first-order valence-electron chi connectivity index (χ1n) is 6.49. The van der Waals surface area contributed by atoms with E-state index in [2.05, 4.69) is 9.47 Å². The zero-order valence-electron chi connectivity index (χ0n) is 11.9. The van der Waals surface area contributed by atoms with Crippen LogP contribution in [0.2, 0.25) is 0 Å². The molecule has 10 heteroatoms. The van der Waals surface area contributed by atoms with E-state index in [0.29, 0.717) is 6.08 Å². The van der Waals surface area contributed by atoms with Crippen molar-refractivity contribution in [2.45, 2.75) is 31.7 Å². The van der Waals surface area contributed by atoms with Gasteiger partial charge in [-0.3, -0.25) is 0 Å². The van der Waals surface area contributed by atoms with Crippen LogP contribution in [0.4, 0.5) is 26.3 Å². The molecule has 1 unspecified atom stereocenters. The zero-order chi connectivity index (χ0) is 18.3. The molecule has 1 atom stereocenters. The van der Waals surface area contributed by atoms with E-state index in [1.54, 1.807) is 0 Å². The summed E-state index contributed by atoms with van der Waals surface area (Å²) in [6.45, 7) is 1.54. The monoisotopic (exact) mass is 355 g/mol. The Hall–Kier alpha value is -2.23. The van der Waals surface area contributed by atoms with Gasteiger partial charge >= 0.3 is 18.3 Å². The highest BCUT2D eigenvalue weighted by molar-refractivity contribution is 5.94. The van der Waals surface area contributed by atoms with E-state index >= 15 is 0 Å². The Labute approximate surface area is 131 Å². The summed E-state index contributed by atoms with van der Waals surface area (Å²) in [6, 6.07) is 3.94. The molecule has 0 saturated carbocycles. The Morgan fingerprint density at radius 3 is 2.33 bits per heavy atom. The number of fused-ring (bicyclic) bond motifs is 1. The third-order valence-corrected chi connectivity index (χ3v) is 3.26. The van der Waals surface area contributed by atoms with E-state index in [0.717, 1.165) is 0 Å². The minimum atomic E-state index is -5.84. The molecule has 24 heavy (non-hydrogen) atoms. The third kappa shape index (κ3) is 3.05. The summed E-state index contributed by atoms with van der Waals surface area (Å²) >= 11 is 0. The molecule has 0 radical (unpaired) electrons. The maximum absolute atomic E-state index is 13.4. The number of rotatable bonds is 3. The lowest BCUT2D eigenvalue weighted by Crippen LogP contribution is -2.60. The number of carbonyl (C=O) groups is 1. The molecule has 0 aliphatic carbocycles. The van der Waals surface area contributed by atoms with Crippen molar-refractivity contribution < 1.29 is 45.7 Å². The van der Waals surface area contributed by atoms with Gasteiger partial charge in [0, 0.05) is 5.56 Å². The number of ether oxygens (including phenoxy) is 2. The van der Waals surface area contributed by atoms with Gasteiger partial charge in [-0.25, -0.2) is 4.74 Å². The predicted molar refractivity (Wildman–Crippen MR) is 65.4 cm³/mol. The number of carboxylic acid groups (broad SMARTS) is 1. The van der Waals surface area contributed by atoms with E-state index < -0.39 is 35.6 Å². The molecule has 1 aliphatic rings. The summed E-state index contributed by atoms with van der Waals surface area (Å²) in [5.74, 6) is -7.58. The summed E-state index contributed by atoms with van der Waals surface area (Å²) < 4.78 is 85.5. The predicted octanol–water partition coefficient (Wildman–Crippen LogP) is 2.57. The quantitative estimate of drug-likeness (QED) is 0.782. The van der Waals surface area contributed by atoms with E-state index in [9.17, 15) is 36.2 Å². The van der Waals surface area contributed by atoms with Gasteiger partial charge in [-0.2, -0.15) is 13.2 Å². The van der Waals surface area contributed by atoms with Crippen LogP contribution in [-0.2, 0) is 16.0 Å². The maximum atomic E-state index is 13.4. The second-order valence-electron chi connectivity index (χ2n) is 4.80. The molecule has 1 heterocycles. The fraction of sp³-hybridized carbons (Fsp3) is 0.357. The molecular formula is C14H9F6O4-. The normalized spacial score (nSPS) is 20.9. The Kier molecular flexibility index (Phi) is 4.29. The van der Waals surface area contributed by atoms with Crippen LogP contribution in [0.1, 0.15) is 18.1 Å². The zero-order valence-corrected chi connectivity index (χ0v) is 11.9. The van der Waals surface area contributed by atoms with E-state index in [1.807, 2.05) is 0 Å². The topological polar surface area (TPSA) is 58.6 Å². The van der Waals surface area contributed by atoms with Crippen LogP contribution in [-0.4, -0.2) is 24.3 Å². The molecule has 0 amide bonds. The lowest BCUT2D eigenvalue weighted by atomic mass is 9.95. The van der Waals surface area contributed by atoms with Crippen molar-refractivity contribution in [1.82, 2.24) is 0 Å². The first-order chi connectivity index (χ1) is 10.9. The Bertz CT molecular complexity index is 691. The molecule has 0 saturated heterocycles. The number of hydrogen-bond donors (Lipinski definition) is 0. The molecule has 0 aromatic heterocycles. The van der Waals surface area contributed by atoms with Gasteiger partial charge in [-0.05, 0) is 18.1 Å². The number of hydrogen-bond acceptors (Lipinski definition) is 4. The number of carboxylic acids is 1. The highest BCUT2D eigenvalue weighted by Gasteiger charge is 2.67. The van der Waals surface area contributed by atoms with Crippen LogP contribution >= 0.6 is 0 Å². The number of aliphatic carboxylic acids is 1. The van der Waals surface area contributed by atoms with Crippen LogP contribution in [0, 0.1) is 0 Å². The highest BCUT2D eigenvalue weighted by atomic mass is 19.4. The molecule has 0 fully saturated rings. The first-order valence-corrected chi connectivity index (χ1v) is 6.49. The van der Waals surface area contributed by atoms with E-state index in [-0.39, 0.29) is 17.5 Å². The van der Waals surface area contributed by atoms with Crippen molar-refractivity contribution in [3.05, 3.63) is 34.9 Å². The Balaban J connectivity index is 2.76. The van der Waals surface area contributed by atoms with Gasteiger partial charge in [0.2, 0.25) is 0 Å². The smallest absolute Gasteiger partial charge is 0.526 e. The van der Waals surface area contributed by atoms with Gasteiger partial charge in [-0.15, -0.1) is 13.2 Å². The lowest BCUT2D eigenvalue weighted by molar-refractivity contribution is -0.448. The summed E-state index contributed by atoms with van der Waals surface area (Å²) in [5, 5.41) is 11.1. The lowest BCUT2D eigenvalue weighted by Gasteiger charge is -2.40. The number of para-hydroxylation sites is 1. The summed E-state index contributed by atoms with van der Waals surface area (Å²) in [5.41, 5.74) is -1.80. The second-order valence-corrected chi connectivity index (χ2v) is 4.80. The van der Waals surface area contributed by atoms with Crippen molar-refractivity contribution >= 4 is 12.0 Å². The maximum Gasteiger partial charge on any atom is 0.526 e. The van der Waals surface area contributed by atoms with Crippen molar-refractivity contribution in [3.8, 4) is 5.75 Å².